The molecule has 0 spiro atoms. The van der Waals surface area contributed by atoms with E-state index in [-0.39, 0.29) is 11.3 Å². The molecule has 4 N–H and O–H groups in total. The van der Waals surface area contributed by atoms with Crippen LogP contribution in [-0.4, -0.2) is 84.4 Å². The lowest BCUT2D eigenvalue weighted by molar-refractivity contribution is -0.193. The van der Waals surface area contributed by atoms with Crippen molar-refractivity contribution in [1.82, 2.24) is 19.8 Å². The number of amides is 1. The molecule has 1 amide bonds. The van der Waals surface area contributed by atoms with Crippen molar-refractivity contribution in [2.75, 3.05) is 19.9 Å². The second-order valence-electron chi connectivity index (χ2n) is 8.06. The van der Waals surface area contributed by atoms with Crippen LogP contribution >= 0.6 is 0 Å². The Balaban J connectivity index is 1.50. The number of aromatic nitrogens is 3. The fourth-order valence-corrected chi connectivity index (χ4v) is 3.58. The minimum Gasteiger partial charge on any atom is -0.467 e. The first-order valence-electron chi connectivity index (χ1n) is 10.8. The van der Waals surface area contributed by atoms with Crippen LogP contribution in [0.3, 0.4) is 0 Å². The molecule has 1 aromatic carbocycles. The molecule has 1 aliphatic rings. The van der Waals surface area contributed by atoms with Crippen molar-refractivity contribution >= 4 is 5.91 Å². The zero-order valence-corrected chi connectivity index (χ0v) is 18.8. The van der Waals surface area contributed by atoms with E-state index in [2.05, 4.69) is 10.1 Å². The van der Waals surface area contributed by atoms with Crippen molar-refractivity contribution in [2.45, 2.75) is 31.7 Å². The van der Waals surface area contributed by atoms with Gasteiger partial charge in [-0.15, -0.1) is 0 Å². The summed E-state index contributed by atoms with van der Waals surface area (Å²) in [5.74, 6) is -0.919. The molecule has 2 aromatic heterocycles. The van der Waals surface area contributed by atoms with E-state index in [9.17, 15) is 20.1 Å². The van der Waals surface area contributed by atoms with Gasteiger partial charge in [0.1, 0.15) is 24.9 Å². The minimum absolute atomic E-state index is 0.0547. The quantitative estimate of drug-likeness (QED) is 0.329. The van der Waals surface area contributed by atoms with Crippen LogP contribution in [0.15, 0.2) is 42.9 Å². The lowest BCUT2D eigenvalue weighted by Gasteiger charge is -2.30. The number of fused-ring (bicyclic) bond motifs is 1. The molecule has 3 heterocycles. The van der Waals surface area contributed by atoms with Gasteiger partial charge in [-0.1, -0.05) is 6.07 Å². The molecule has 12 heteroatoms. The smallest absolute Gasteiger partial charge is 0.284 e. The highest BCUT2D eigenvalue weighted by Gasteiger charge is 2.33. The Hall–Kier alpha value is -3.42. The highest BCUT2D eigenvalue weighted by molar-refractivity contribution is 5.97. The number of aliphatic hydroxyl groups excluding tert-OH is 4. The number of hydrogen-bond acceptors (Lipinski definition) is 9. The molecular formula is C23H25FN4O7. The maximum atomic E-state index is 15.1. The van der Waals surface area contributed by atoms with Gasteiger partial charge in [0.05, 0.1) is 12.2 Å². The van der Waals surface area contributed by atoms with E-state index in [4.69, 9.17) is 14.7 Å². The predicted molar refractivity (Wildman–Crippen MR) is 118 cm³/mol. The maximum absolute atomic E-state index is 15.1. The largest absolute Gasteiger partial charge is 0.467 e. The third-order valence-electron chi connectivity index (χ3n) is 5.68. The predicted octanol–water partition coefficient (Wildman–Crippen LogP) is 0.104. The van der Waals surface area contributed by atoms with E-state index in [0.29, 0.717) is 23.4 Å². The number of rotatable bonds is 9. The molecule has 0 fully saturated rings. The average molecular weight is 488 g/mol. The molecule has 4 rings (SSSR count). The molecule has 0 saturated carbocycles. The average Bonchev–Trinajstić information content (AvgIpc) is 3.41. The fraction of sp³-hybridized carbons (Fsp3) is 0.348. The Labute approximate surface area is 199 Å². The topological polar surface area (TPSA) is 150 Å². The fourth-order valence-electron chi connectivity index (χ4n) is 3.58. The van der Waals surface area contributed by atoms with Gasteiger partial charge >= 0.3 is 0 Å². The summed E-state index contributed by atoms with van der Waals surface area (Å²) in [6, 6.07) is 6.92. The summed E-state index contributed by atoms with van der Waals surface area (Å²) in [5.41, 5.74) is 1.62. The van der Waals surface area contributed by atoms with Gasteiger partial charge in [0, 0.05) is 18.6 Å². The van der Waals surface area contributed by atoms with Crippen molar-refractivity contribution in [2.24, 2.45) is 0 Å². The normalized spacial score (nSPS) is 15.9. The van der Waals surface area contributed by atoms with Crippen LogP contribution in [0.4, 0.5) is 4.39 Å². The second-order valence-corrected chi connectivity index (χ2v) is 8.06. The highest BCUT2D eigenvalue weighted by Crippen LogP contribution is 2.33. The standard InChI is InChI=1S/C23H25FN4O7/c1-13-15(7-14-3-4-19(25-9-14)27-6-2-5-26-27)8-16-22(20(13)24)34-12-28(23(16)33)35-11-18(31)21(32)17(30)10-29/h2-6,8-9,17-18,21,29-32H,7,10-12H2,1H3/t17?,18-,21-/m0/s1. The number of carbonyl (C=O) groups is 1. The van der Waals surface area contributed by atoms with Gasteiger partial charge in [0.15, 0.2) is 24.1 Å². The number of aliphatic hydroxyl groups is 4. The molecule has 11 nitrogen and oxygen atoms in total. The molecule has 1 aliphatic heterocycles. The lowest BCUT2D eigenvalue weighted by Crippen LogP contribution is -2.45. The molecule has 0 bridgehead atoms. The Kier molecular flexibility index (Phi) is 7.38. The molecule has 35 heavy (non-hydrogen) atoms. The SMILES string of the molecule is Cc1c(Cc2ccc(-n3cccn3)nc2)cc2c(c1F)OCN(OC[C@H](O)[C@@H](O)C(O)CO)C2=O. The van der Waals surface area contributed by atoms with Gasteiger partial charge in [-0.05, 0) is 48.2 Å². The van der Waals surface area contributed by atoms with Crippen molar-refractivity contribution in [3.63, 3.8) is 0 Å². The third-order valence-corrected chi connectivity index (χ3v) is 5.68. The van der Waals surface area contributed by atoms with Gasteiger partial charge < -0.3 is 25.2 Å². The van der Waals surface area contributed by atoms with Crippen molar-refractivity contribution < 1.29 is 39.2 Å². The van der Waals surface area contributed by atoms with Gasteiger partial charge in [-0.25, -0.2) is 14.1 Å². The number of ether oxygens (including phenoxy) is 1. The van der Waals surface area contributed by atoms with Crippen molar-refractivity contribution in [3.8, 4) is 11.6 Å². The zero-order chi connectivity index (χ0) is 25.1. The van der Waals surface area contributed by atoms with Crippen molar-refractivity contribution in [3.05, 3.63) is 70.9 Å². The van der Waals surface area contributed by atoms with Gasteiger partial charge in [-0.3, -0.25) is 9.63 Å². The Morgan fingerprint density at radius 1 is 1.26 bits per heavy atom. The number of carbonyl (C=O) groups excluding carboxylic acids is 1. The van der Waals surface area contributed by atoms with E-state index in [1.54, 1.807) is 42.3 Å². The molecule has 0 radical (unpaired) electrons. The third kappa shape index (κ3) is 5.16. The monoisotopic (exact) mass is 488 g/mol. The number of hydrogen-bond donors (Lipinski definition) is 4. The summed E-state index contributed by atoms with van der Waals surface area (Å²) >= 11 is 0. The summed E-state index contributed by atoms with van der Waals surface area (Å²) in [7, 11) is 0. The first-order chi connectivity index (χ1) is 16.8. The Morgan fingerprint density at radius 3 is 2.71 bits per heavy atom. The van der Waals surface area contributed by atoms with Gasteiger partial charge in [0.25, 0.3) is 5.91 Å². The first-order valence-corrected chi connectivity index (χ1v) is 10.8. The van der Waals surface area contributed by atoms with E-state index in [1.165, 1.54) is 6.07 Å². The van der Waals surface area contributed by atoms with Crippen LogP contribution in [0.1, 0.15) is 27.0 Å². The number of hydroxylamine groups is 2. The molecule has 0 aliphatic carbocycles. The number of nitrogens with zero attached hydrogens (tertiary/aromatic N) is 4. The van der Waals surface area contributed by atoms with Crippen LogP contribution in [0.25, 0.3) is 5.82 Å². The van der Waals surface area contributed by atoms with Crippen molar-refractivity contribution in [1.29, 1.82) is 0 Å². The van der Waals surface area contributed by atoms with Crippen LogP contribution < -0.4 is 4.74 Å². The second kappa shape index (κ2) is 10.5. The summed E-state index contributed by atoms with van der Waals surface area (Å²) in [6.45, 7) is -0.179. The van der Waals surface area contributed by atoms with E-state index in [0.717, 1.165) is 10.6 Å². The number of pyridine rings is 1. The van der Waals surface area contributed by atoms with Gasteiger partial charge in [0.2, 0.25) is 0 Å². The molecule has 0 saturated heterocycles. The summed E-state index contributed by atoms with van der Waals surface area (Å²) in [4.78, 5) is 22.5. The number of halogens is 1. The summed E-state index contributed by atoms with van der Waals surface area (Å²) in [6.07, 6.45) is 0.504. The van der Waals surface area contributed by atoms with Crippen LogP contribution in [0, 0.1) is 12.7 Å². The van der Waals surface area contributed by atoms with Crippen LogP contribution in [-0.2, 0) is 11.3 Å². The highest BCUT2D eigenvalue weighted by atomic mass is 19.1. The zero-order valence-electron chi connectivity index (χ0n) is 18.8. The molecule has 3 atom stereocenters. The van der Waals surface area contributed by atoms with E-state index >= 15 is 4.39 Å². The van der Waals surface area contributed by atoms with Crippen LogP contribution in [0.2, 0.25) is 0 Å². The molecule has 3 aromatic rings. The van der Waals surface area contributed by atoms with Crippen LogP contribution in [0.5, 0.6) is 5.75 Å². The van der Waals surface area contributed by atoms with E-state index < -0.39 is 50.0 Å². The minimum atomic E-state index is -1.69. The summed E-state index contributed by atoms with van der Waals surface area (Å²) in [5, 5.41) is 42.8. The summed E-state index contributed by atoms with van der Waals surface area (Å²) < 4.78 is 22.1. The number of benzene rings is 1. The molecular weight excluding hydrogens is 463 g/mol. The molecule has 1 unspecified atom stereocenters. The Morgan fingerprint density at radius 2 is 2.06 bits per heavy atom. The lowest BCUT2D eigenvalue weighted by atomic mass is 9.97. The first kappa shape index (κ1) is 24.7. The Bertz CT molecular complexity index is 1170. The maximum Gasteiger partial charge on any atom is 0.284 e. The van der Waals surface area contributed by atoms with Gasteiger partial charge in [-0.2, -0.15) is 10.2 Å². The van der Waals surface area contributed by atoms with E-state index in [1.807, 2.05) is 6.07 Å². The molecule has 186 valence electrons.